The molecular weight excluding hydrogens is 588 g/mol. The second-order valence-corrected chi connectivity index (χ2v) is 12.1. The number of aromatic hydroxyl groups is 1. The standard InChI is InChI=1S/C31H40N4O10/c1-4-5-6-7-10-33-18(13-19(36)37)30(44)34-17-9-8-14-11-15-12-16-23(35(2)3)26(40)22(29(32)43)28(42)31(16,45)27(41)21(15)25(39)20(14)24(17)38/h8-9,15-16,18,23,33,38-39,42,45H,4-7,10-13H2,1-3H3,(H2,32,43)(H,34,44)(H,36,37)/t15?,16?,18?,23-,31-/m0/s1. The fourth-order valence-corrected chi connectivity index (χ4v) is 6.80. The van der Waals surface area contributed by atoms with Gasteiger partial charge in [-0.3, -0.25) is 28.9 Å². The van der Waals surface area contributed by atoms with Gasteiger partial charge in [0.2, 0.25) is 11.7 Å². The van der Waals surface area contributed by atoms with Crippen molar-refractivity contribution in [2.45, 2.75) is 69.6 Å². The zero-order valence-electron chi connectivity index (χ0n) is 25.4. The van der Waals surface area contributed by atoms with E-state index in [0.29, 0.717) is 12.1 Å². The number of primary amides is 1. The summed E-state index contributed by atoms with van der Waals surface area (Å²) < 4.78 is 0. The van der Waals surface area contributed by atoms with Crippen LogP contribution in [0.1, 0.15) is 56.6 Å². The molecule has 244 valence electrons. The molecule has 3 aliphatic carbocycles. The van der Waals surface area contributed by atoms with Crippen molar-refractivity contribution in [3.05, 3.63) is 40.2 Å². The van der Waals surface area contributed by atoms with Crippen LogP contribution < -0.4 is 16.4 Å². The number of nitrogens with zero attached hydrogens (tertiary/aromatic N) is 1. The Morgan fingerprint density at radius 3 is 2.40 bits per heavy atom. The molecule has 5 atom stereocenters. The van der Waals surface area contributed by atoms with Crippen LogP contribution in [0.15, 0.2) is 29.0 Å². The number of amides is 2. The second kappa shape index (κ2) is 13.0. The Morgan fingerprint density at radius 1 is 1.11 bits per heavy atom. The van der Waals surface area contributed by atoms with Crippen LogP contribution in [0.2, 0.25) is 0 Å². The summed E-state index contributed by atoms with van der Waals surface area (Å²) in [5, 5.41) is 60.0. The number of unbranched alkanes of at least 4 members (excludes halogenated alkanes) is 3. The largest absolute Gasteiger partial charge is 0.508 e. The van der Waals surface area contributed by atoms with Crippen molar-refractivity contribution >= 4 is 40.8 Å². The molecule has 4 rings (SSSR count). The smallest absolute Gasteiger partial charge is 0.305 e. The summed E-state index contributed by atoms with van der Waals surface area (Å²) >= 11 is 0. The van der Waals surface area contributed by atoms with Gasteiger partial charge < -0.3 is 41.9 Å². The van der Waals surface area contributed by atoms with Gasteiger partial charge >= 0.3 is 5.97 Å². The number of hydrogen-bond acceptors (Lipinski definition) is 11. The minimum Gasteiger partial charge on any atom is -0.508 e. The van der Waals surface area contributed by atoms with Crippen LogP contribution in [-0.2, 0) is 30.4 Å². The summed E-state index contributed by atoms with van der Waals surface area (Å²) in [7, 11) is 3.04. The van der Waals surface area contributed by atoms with E-state index >= 15 is 0 Å². The number of carbonyl (C=O) groups is 5. The van der Waals surface area contributed by atoms with Crippen molar-refractivity contribution in [3.8, 4) is 5.75 Å². The normalized spacial score (nSPS) is 25.0. The molecule has 0 heterocycles. The lowest BCUT2D eigenvalue weighted by Gasteiger charge is -2.50. The van der Waals surface area contributed by atoms with Crippen LogP contribution >= 0.6 is 0 Å². The molecule has 1 aromatic carbocycles. The maximum Gasteiger partial charge on any atom is 0.305 e. The molecule has 1 saturated carbocycles. The minimum absolute atomic E-state index is 0.0498. The van der Waals surface area contributed by atoms with Gasteiger partial charge in [-0.25, -0.2) is 0 Å². The monoisotopic (exact) mass is 628 g/mol. The van der Waals surface area contributed by atoms with Crippen molar-refractivity contribution in [3.63, 3.8) is 0 Å². The molecule has 0 aliphatic heterocycles. The maximum absolute atomic E-state index is 14.0. The minimum atomic E-state index is -2.77. The molecule has 0 saturated heterocycles. The number of nitrogens with one attached hydrogen (secondary N) is 2. The van der Waals surface area contributed by atoms with Gasteiger partial charge in [0.25, 0.3) is 5.91 Å². The summed E-state index contributed by atoms with van der Waals surface area (Å²) in [6.07, 6.45) is 3.18. The van der Waals surface area contributed by atoms with Gasteiger partial charge in [-0.15, -0.1) is 0 Å². The molecule has 3 aliphatic rings. The topological polar surface area (TPSA) is 240 Å². The van der Waals surface area contributed by atoms with Crippen LogP contribution in [0.25, 0.3) is 5.76 Å². The van der Waals surface area contributed by atoms with Crippen molar-refractivity contribution in [1.29, 1.82) is 0 Å². The van der Waals surface area contributed by atoms with Crippen molar-refractivity contribution in [2.75, 3.05) is 26.0 Å². The molecule has 9 N–H and O–H groups in total. The Hall–Kier alpha value is -4.27. The SMILES string of the molecule is CCCCCCNC(CC(=O)O)C(=O)Nc1ccc2c(c1O)C(O)=C1C(=O)[C@]3(O)C(O)=C(C(N)=O)C(=O)[C@@H](N(C)C)C3CC1C2. The van der Waals surface area contributed by atoms with Gasteiger partial charge in [0.05, 0.1) is 29.8 Å². The van der Waals surface area contributed by atoms with E-state index in [2.05, 4.69) is 17.6 Å². The molecule has 0 aromatic heterocycles. The van der Waals surface area contributed by atoms with Gasteiger partial charge in [-0.2, -0.15) is 0 Å². The maximum atomic E-state index is 14.0. The number of likely N-dealkylation sites (N-methyl/N-ethyl adjacent to an activating group) is 1. The molecule has 3 unspecified atom stereocenters. The molecule has 45 heavy (non-hydrogen) atoms. The first kappa shape index (κ1) is 33.6. The summed E-state index contributed by atoms with van der Waals surface area (Å²) in [6, 6.07) is 0.623. The van der Waals surface area contributed by atoms with E-state index in [0.717, 1.165) is 25.7 Å². The number of Topliss-reactive ketones (excluding diaryl/α,β-unsaturated/α-hetero) is 2. The Kier molecular flexibility index (Phi) is 9.71. The Balaban J connectivity index is 1.70. The van der Waals surface area contributed by atoms with E-state index in [4.69, 9.17) is 5.73 Å². The Morgan fingerprint density at radius 2 is 1.80 bits per heavy atom. The number of rotatable bonds is 12. The van der Waals surface area contributed by atoms with Crippen molar-refractivity contribution < 1.29 is 49.5 Å². The fourth-order valence-electron chi connectivity index (χ4n) is 6.80. The highest BCUT2D eigenvalue weighted by Gasteiger charge is 2.64. The van der Waals surface area contributed by atoms with Crippen LogP contribution in [0.5, 0.6) is 5.75 Å². The number of anilines is 1. The van der Waals surface area contributed by atoms with Gasteiger partial charge in [-0.1, -0.05) is 32.3 Å². The highest BCUT2D eigenvalue weighted by Crippen LogP contribution is 2.53. The number of aliphatic hydroxyl groups is 3. The zero-order valence-corrected chi connectivity index (χ0v) is 25.4. The lowest BCUT2D eigenvalue weighted by Crippen LogP contribution is -2.65. The molecule has 0 radical (unpaired) electrons. The number of aliphatic hydroxyl groups excluding tert-OH is 2. The summed E-state index contributed by atoms with van der Waals surface area (Å²) in [4.78, 5) is 65.2. The van der Waals surface area contributed by atoms with E-state index in [1.54, 1.807) is 0 Å². The quantitative estimate of drug-likeness (QED) is 0.0916. The van der Waals surface area contributed by atoms with Crippen molar-refractivity contribution in [2.24, 2.45) is 17.6 Å². The highest BCUT2D eigenvalue weighted by molar-refractivity contribution is 6.24. The van der Waals surface area contributed by atoms with Gasteiger partial charge in [-0.05, 0) is 57.5 Å². The third-order valence-electron chi connectivity index (χ3n) is 8.97. The molecule has 0 bridgehead atoms. The molecule has 0 spiro atoms. The first-order valence-corrected chi connectivity index (χ1v) is 14.9. The molecule has 1 aromatic rings. The number of carboxylic acid groups (broad SMARTS) is 1. The van der Waals surface area contributed by atoms with Crippen LogP contribution in [0.4, 0.5) is 5.69 Å². The predicted molar refractivity (Wildman–Crippen MR) is 161 cm³/mol. The summed E-state index contributed by atoms with van der Waals surface area (Å²) in [5.41, 5.74) is 1.43. The number of carbonyl (C=O) groups excluding carboxylic acids is 4. The number of phenolic OH excluding ortho intramolecular Hbond substituents is 1. The van der Waals surface area contributed by atoms with Crippen LogP contribution in [-0.4, -0.2) is 98.1 Å². The van der Waals surface area contributed by atoms with Crippen molar-refractivity contribution in [1.82, 2.24) is 10.2 Å². The first-order valence-electron chi connectivity index (χ1n) is 14.9. The number of carboxylic acids is 1. The molecule has 14 nitrogen and oxygen atoms in total. The second-order valence-electron chi connectivity index (χ2n) is 12.1. The average molecular weight is 629 g/mol. The summed E-state index contributed by atoms with van der Waals surface area (Å²) in [6.45, 7) is 2.45. The van der Waals surface area contributed by atoms with Crippen LogP contribution in [0.3, 0.4) is 0 Å². The predicted octanol–water partition coefficient (Wildman–Crippen LogP) is 0.916. The molecule has 2 amide bonds. The van der Waals surface area contributed by atoms with E-state index in [9.17, 15) is 49.5 Å². The number of benzene rings is 1. The van der Waals surface area contributed by atoms with E-state index in [1.807, 2.05) is 0 Å². The summed E-state index contributed by atoms with van der Waals surface area (Å²) in [5.74, 6) is -9.64. The van der Waals surface area contributed by atoms with Gasteiger partial charge in [0.15, 0.2) is 11.4 Å². The van der Waals surface area contributed by atoms with Gasteiger partial charge in [0, 0.05) is 11.5 Å². The fraction of sp³-hybridized carbons (Fsp3) is 0.516. The third-order valence-corrected chi connectivity index (χ3v) is 8.97. The first-order chi connectivity index (χ1) is 21.2. The lowest BCUT2D eigenvalue weighted by molar-refractivity contribution is -0.153. The van der Waals surface area contributed by atoms with E-state index < -0.39 is 88.1 Å². The molecule has 1 fully saturated rings. The highest BCUT2D eigenvalue weighted by atomic mass is 16.4. The zero-order chi connectivity index (χ0) is 33.4. The Labute approximate surface area is 259 Å². The number of nitrogens with two attached hydrogens (primary N) is 1. The molecule has 14 heteroatoms. The number of phenols is 1. The number of hydrogen-bond donors (Lipinski definition) is 8. The van der Waals surface area contributed by atoms with Gasteiger partial charge in [0.1, 0.15) is 22.8 Å². The number of aliphatic carboxylic acids is 1. The molecular formula is C31H40N4O10. The van der Waals surface area contributed by atoms with E-state index in [-0.39, 0.29) is 29.7 Å². The Bertz CT molecular complexity index is 1500. The van der Waals surface area contributed by atoms with E-state index in [1.165, 1.54) is 31.1 Å². The lowest BCUT2D eigenvalue weighted by atomic mass is 9.57. The number of ketones is 2. The average Bonchev–Trinajstić information content (AvgIpc) is 2.95. The third kappa shape index (κ3) is 5.92. The number of fused-ring (bicyclic) bond motifs is 3. The van der Waals surface area contributed by atoms with Crippen LogP contribution in [0, 0.1) is 11.8 Å².